The van der Waals surface area contributed by atoms with Crippen LogP contribution < -0.4 is 76.9 Å². The lowest BCUT2D eigenvalue weighted by Gasteiger charge is -2.24. The molecule has 690 valence electrons. The number of pyridine rings is 4. The van der Waals surface area contributed by atoms with Gasteiger partial charge in [-0.3, -0.25) is 52.4 Å². The molecule has 137 heavy (non-hydrogen) atoms. The van der Waals surface area contributed by atoms with Gasteiger partial charge < -0.3 is 54.7 Å². The number of rotatable bonds is 19. The topological polar surface area (TPSA) is 577 Å². The number of anilines is 9. The molecule has 2 saturated carbocycles. The fourth-order valence-corrected chi connectivity index (χ4v) is 16.6. The first kappa shape index (κ1) is 95.2. The Morgan fingerprint density at radius 3 is 1.33 bits per heavy atom. The smallest absolute Gasteiger partial charge is 0.267 e. The minimum Gasteiger partial charge on any atom is -0.495 e. The van der Waals surface area contributed by atoms with E-state index in [2.05, 4.69) is 92.1 Å². The normalized spacial score (nSPS) is 12.9. The number of aromatic nitrogens is 20. The van der Waals surface area contributed by atoms with Crippen molar-refractivity contribution in [2.24, 2.45) is 11.8 Å². The van der Waals surface area contributed by atoms with E-state index >= 15 is 0 Å². The van der Waals surface area contributed by atoms with E-state index in [1.54, 1.807) is 121 Å². The minimum absolute atomic E-state index is 0.0360. The van der Waals surface area contributed by atoms with Gasteiger partial charge in [0.15, 0.2) is 23.3 Å². The molecule has 38 nitrogen and oxygen atoms in total. The van der Waals surface area contributed by atoms with Gasteiger partial charge in [0, 0.05) is 17.8 Å². The summed E-state index contributed by atoms with van der Waals surface area (Å²) >= 11 is 31.8. The Hall–Kier alpha value is -16.4. The van der Waals surface area contributed by atoms with Gasteiger partial charge in [-0.15, -0.1) is 0 Å². The monoisotopic (exact) mass is 1940 g/mol. The standard InChI is InChI=1S/C24H21Cl2N9O.C24H20ClFN8O.C22H18ClFN8O.C22H19ClN8O2/c1-10-7-17(28)30-9-16(10)35-23(34-20-15(26)6-5-14(25)18(20)24(35)36)19(12-3-4-12)33-22-13(8-27)21(29)31-11(2)32-22;1-11-16(26)9-29-10-18(11)34-23(32-17-5-3-4-15(25)19(17)24(34)35)20(13-6-7-13)33-22-14(8-27)21(28)30-12(2)31-22;1-10-6-7-27-9-16(10)32-21(31-15-5-4-14(24)18(23)17(15)22(32)33)11(2)28-20-13(8-25)19(26)29-12(3)30-20;1-11(27-20-15(8-24)19(25)28-12(2)29-20)21-30-17-6-4-5-16(23)18(17)22(32)31(21)13-7-14(33-3)10-26-9-13/h5-7,9,12,19H,3-4H2,1-2H3,(H2,28,30)(H3,29,31,32,33);3-5,9-10,13,20H,6-7H2,1-2H3,(H3,28,30,31,33);4-7,9,11H,1-3H3,(H3,26,28,29,30);4-7,9-11H,1-3H3,(H3,25,27,28,29)/t19-;20-;2*11-/m0000/s1. The Bertz CT molecular complexity index is 8090. The highest BCUT2D eigenvalue weighted by Crippen LogP contribution is 2.46. The maximum absolute atomic E-state index is 14.5. The Morgan fingerprint density at radius 2 is 0.839 bits per heavy atom. The second-order valence-electron chi connectivity index (χ2n) is 31.7. The summed E-state index contributed by atoms with van der Waals surface area (Å²) in [6, 6.07) is 26.7. The summed E-state index contributed by atoms with van der Waals surface area (Å²) in [4.78, 5) is 124. The van der Waals surface area contributed by atoms with Crippen LogP contribution in [0.25, 0.3) is 66.4 Å². The van der Waals surface area contributed by atoms with E-state index in [1.807, 2.05) is 32.1 Å². The largest absolute Gasteiger partial charge is 0.495 e. The van der Waals surface area contributed by atoms with Gasteiger partial charge in [-0.2, -0.15) is 21.0 Å². The first-order chi connectivity index (χ1) is 65.5. The van der Waals surface area contributed by atoms with Crippen molar-refractivity contribution in [1.29, 1.82) is 21.0 Å². The number of nitrogens with zero attached hydrogens (tertiary/aromatic N) is 24. The van der Waals surface area contributed by atoms with Crippen LogP contribution in [0.5, 0.6) is 5.75 Å². The lowest BCUT2D eigenvalue weighted by Crippen LogP contribution is -2.30. The molecule has 4 aromatic carbocycles. The zero-order valence-corrected chi connectivity index (χ0v) is 77.9. The van der Waals surface area contributed by atoms with E-state index in [0.29, 0.717) is 85.5 Å². The number of hydrogen-bond acceptors (Lipinski definition) is 34. The lowest BCUT2D eigenvalue weighted by molar-refractivity contribution is 0.412. The number of nitrogen functional groups attached to an aromatic ring is 5. The highest BCUT2D eigenvalue weighted by atomic mass is 35.5. The van der Waals surface area contributed by atoms with Crippen molar-refractivity contribution >= 4 is 154 Å². The van der Waals surface area contributed by atoms with E-state index < -0.39 is 52.5 Å². The molecule has 14 N–H and O–H groups in total. The minimum atomic E-state index is -0.720. The van der Waals surface area contributed by atoms with Gasteiger partial charge in [0.25, 0.3) is 22.2 Å². The Kier molecular flexibility index (Phi) is 27.4. The van der Waals surface area contributed by atoms with Crippen LogP contribution in [0.2, 0.25) is 25.1 Å². The summed E-state index contributed by atoms with van der Waals surface area (Å²) < 4.78 is 39.5. The highest BCUT2D eigenvalue weighted by molar-refractivity contribution is 6.40. The van der Waals surface area contributed by atoms with Crippen molar-refractivity contribution in [3.63, 3.8) is 0 Å². The van der Waals surface area contributed by atoms with Gasteiger partial charge in [-0.05, 0) is 172 Å². The van der Waals surface area contributed by atoms with Crippen molar-refractivity contribution in [3.8, 4) is 52.8 Å². The van der Waals surface area contributed by atoms with Gasteiger partial charge in [0.2, 0.25) is 0 Å². The number of hydrogen-bond donors (Lipinski definition) is 9. The number of aryl methyl sites for hydroxylation is 6. The third kappa shape index (κ3) is 19.2. The second kappa shape index (κ2) is 39.4. The van der Waals surface area contributed by atoms with Gasteiger partial charge >= 0.3 is 0 Å². The number of halogens is 7. The Balaban J connectivity index is 0.000000139. The molecule has 0 spiro atoms. The average Bonchev–Trinajstić information content (AvgIpc) is 1.59. The molecule has 4 atom stereocenters. The molecular formula is C92H78Cl5F2N33O5. The maximum atomic E-state index is 14.5. The van der Waals surface area contributed by atoms with Gasteiger partial charge in [-0.1, -0.05) is 70.1 Å². The number of nitriles is 4. The number of benzene rings is 4. The van der Waals surface area contributed by atoms with Crippen LogP contribution in [0.3, 0.4) is 0 Å². The molecule has 2 aliphatic rings. The van der Waals surface area contributed by atoms with Crippen LogP contribution in [0.1, 0.15) is 149 Å². The number of ether oxygens (including phenoxy) is 1. The van der Waals surface area contributed by atoms with Gasteiger partial charge in [0.1, 0.15) is 140 Å². The van der Waals surface area contributed by atoms with Crippen LogP contribution in [-0.4, -0.2) is 105 Å². The summed E-state index contributed by atoms with van der Waals surface area (Å²) in [5.74, 6) is 3.81. The second-order valence-corrected chi connectivity index (χ2v) is 33.7. The van der Waals surface area contributed by atoms with E-state index in [4.69, 9.17) is 106 Å². The van der Waals surface area contributed by atoms with Crippen LogP contribution >= 0.6 is 58.0 Å². The van der Waals surface area contributed by atoms with Crippen LogP contribution in [-0.2, 0) is 0 Å². The fourth-order valence-electron chi connectivity index (χ4n) is 15.4. The van der Waals surface area contributed by atoms with Gasteiger partial charge in [-0.25, -0.2) is 73.6 Å². The van der Waals surface area contributed by atoms with Crippen LogP contribution in [0.4, 0.5) is 61.1 Å². The molecule has 18 rings (SSSR count). The summed E-state index contributed by atoms with van der Waals surface area (Å²) in [6.45, 7) is 15.4. The molecule has 0 saturated heterocycles. The predicted octanol–water partition coefficient (Wildman–Crippen LogP) is 14.9. The molecular weight excluding hydrogens is 1860 g/mol. The molecule has 2 aliphatic carbocycles. The Morgan fingerprint density at radius 1 is 0.423 bits per heavy atom. The lowest BCUT2D eigenvalue weighted by atomic mass is 10.1. The van der Waals surface area contributed by atoms with E-state index in [1.165, 1.54) is 62.4 Å². The predicted molar refractivity (Wildman–Crippen MR) is 517 cm³/mol. The van der Waals surface area contributed by atoms with Crippen LogP contribution in [0, 0.1) is 117 Å². The molecule has 0 bridgehead atoms. The SMILES string of the molecule is COc1cncc(-n2c([C@H](C)Nc3nc(C)nc(N)c3C#N)nc3cccc(Cl)c3c2=O)c1.Cc1nc(N)c(C#N)c(N[C@@H](C)c2nc3ccc(F)c(Cl)c3c(=O)n2-c2cnccc2C)n1.Cc1nc(N)c(C#N)c(N[C@H](c2nc3c(Cl)ccc(Cl)c3c(=O)n2-c2cnc(N)cc2C)C2CC2)n1.Cc1nc(N)c(C#N)c(N[C@H](c2nc3cccc(Cl)c3c(=O)n2-c2cncc(F)c2C)C2CC2)n1. The zero-order valence-electron chi connectivity index (χ0n) is 74.1. The van der Waals surface area contributed by atoms with Crippen molar-refractivity contribution < 1.29 is 13.5 Å². The van der Waals surface area contributed by atoms with Gasteiger partial charge in [0.05, 0.1) is 160 Å². The fraction of sp³-hybridized carbons (Fsp3) is 0.217. The first-order valence-corrected chi connectivity index (χ1v) is 43.6. The molecule has 45 heteroatoms. The van der Waals surface area contributed by atoms with E-state index in [0.717, 1.165) is 49.1 Å². The summed E-state index contributed by atoms with van der Waals surface area (Å²) in [5.41, 5.74) is 32.9. The number of fused-ring (bicyclic) bond motifs is 4. The third-order valence-corrected chi connectivity index (χ3v) is 23.9. The maximum Gasteiger partial charge on any atom is 0.267 e. The molecule has 0 aliphatic heterocycles. The van der Waals surface area contributed by atoms with E-state index in [-0.39, 0.29) is 156 Å². The summed E-state index contributed by atoms with van der Waals surface area (Å²) in [5, 5.41) is 52.6. The van der Waals surface area contributed by atoms with Crippen molar-refractivity contribution in [2.45, 2.75) is 112 Å². The molecule has 16 aromatic rings. The quantitative estimate of drug-likeness (QED) is 0.0363. The number of methoxy groups -OCH3 is 1. The summed E-state index contributed by atoms with van der Waals surface area (Å²) in [6.07, 6.45) is 13.7. The molecule has 0 unspecified atom stereocenters. The molecule has 0 radical (unpaired) electrons. The summed E-state index contributed by atoms with van der Waals surface area (Å²) in [7, 11) is 1.51. The van der Waals surface area contributed by atoms with E-state index in [9.17, 15) is 49.0 Å². The molecule has 12 heterocycles. The van der Waals surface area contributed by atoms with Crippen molar-refractivity contribution in [1.82, 2.24) is 98.0 Å². The van der Waals surface area contributed by atoms with Crippen LogP contribution in [0.15, 0.2) is 141 Å². The molecule has 12 aromatic heterocycles. The third-order valence-electron chi connectivity index (χ3n) is 22.3. The molecule has 0 amide bonds. The zero-order chi connectivity index (χ0) is 98.1. The van der Waals surface area contributed by atoms with Crippen molar-refractivity contribution in [3.05, 3.63) is 286 Å². The Labute approximate surface area is 801 Å². The number of nitrogens with two attached hydrogens (primary N) is 5. The average molecular weight is 1940 g/mol. The molecule has 2 fully saturated rings. The van der Waals surface area contributed by atoms with Crippen molar-refractivity contribution in [2.75, 3.05) is 57.0 Å². The first-order valence-electron chi connectivity index (χ1n) is 41.8. The number of nitrogens with one attached hydrogen (secondary N) is 4. The highest BCUT2D eigenvalue weighted by Gasteiger charge is 2.40.